The minimum Gasteiger partial charge on any atom is -0.497 e. The van der Waals surface area contributed by atoms with E-state index in [0.29, 0.717) is 23.7 Å². The number of rotatable bonds is 4. The maximum atomic E-state index is 12.5. The summed E-state index contributed by atoms with van der Waals surface area (Å²) in [6.07, 6.45) is 0.771. The van der Waals surface area contributed by atoms with Gasteiger partial charge in [-0.15, -0.1) is 0 Å². The van der Waals surface area contributed by atoms with Crippen molar-refractivity contribution in [2.75, 3.05) is 31.0 Å². The van der Waals surface area contributed by atoms with E-state index in [1.807, 2.05) is 19.1 Å². The molecule has 0 spiro atoms. The molecule has 150 valence electrons. The van der Waals surface area contributed by atoms with E-state index in [1.165, 1.54) is 0 Å². The first-order valence-corrected chi connectivity index (χ1v) is 11.0. The summed E-state index contributed by atoms with van der Waals surface area (Å²) in [5, 5.41) is 7.53. The van der Waals surface area contributed by atoms with Crippen molar-refractivity contribution in [3.05, 3.63) is 35.0 Å². The summed E-state index contributed by atoms with van der Waals surface area (Å²) >= 11 is 0. The summed E-state index contributed by atoms with van der Waals surface area (Å²) in [5.41, 5.74) is 2.57. The van der Waals surface area contributed by atoms with Crippen LogP contribution in [0.5, 0.6) is 11.5 Å². The monoisotopic (exact) mass is 405 g/mol. The van der Waals surface area contributed by atoms with Gasteiger partial charge in [-0.3, -0.25) is 4.79 Å². The molecule has 1 fully saturated rings. The van der Waals surface area contributed by atoms with Gasteiger partial charge >= 0.3 is 0 Å². The number of amides is 1. The van der Waals surface area contributed by atoms with Gasteiger partial charge in [0.1, 0.15) is 17.3 Å². The summed E-state index contributed by atoms with van der Waals surface area (Å²) in [6.45, 7) is 1.89. The maximum absolute atomic E-state index is 12.5. The second-order valence-electron chi connectivity index (χ2n) is 7.26. The Morgan fingerprint density at radius 3 is 2.68 bits per heavy atom. The number of aryl methyl sites for hydroxylation is 1. The van der Waals surface area contributed by atoms with Crippen molar-refractivity contribution in [3.63, 3.8) is 0 Å². The lowest BCUT2D eigenvalue weighted by molar-refractivity contribution is -0.116. The quantitative estimate of drug-likeness (QED) is 0.836. The highest BCUT2D eigenvalue weighted by Crippen LogP contribution is 2.44. The van der Waals surface area contributed by atoms with Gasteiger partial charge < -0.3 is 14.8 Å². The molecule has 3 heterocycles. The summed E-state index contributed by atoms with van der Waals surface area (Å²) in [5.74, 6) is 1.75. The third-order valence-corrected chi connectivity index (χ3v) is 7.25. The number of sulfone groups is 1. The molecule has 1 aromatic carbocycles. The van der Waals surface area contributed by atoms with Gasteiger partial charge in [-0.05, 0) is 19.4 Å². The Kier molecular flexibility index (Phi) is 4.57. The van der Waals surface area contributed by atoms with Crippen LogP contribution in [-0.2, 0) is 14.6 Å². The molecule has 2 aliphatic heterocycles. The Morgan fingerprint density at radius 2 is 2.04 bits per heavy atom. The summed E-state index contributed by atoms with van der Waals surface area (Å²) in [6, 6.07) is 5.28. The molecule has 1 amide bonds. The normalized spacial score (nSPS) is 23.2. The number of ether oxygens (including phenoxy) is 2. The summed E-state index contributed by atoms with van der Waals surface area (Å²) in [7, 11) is 0.107. The fourth-order valence-electron chi connectivity index (χ4n) is 4.18. The van der Waals surface area contributed by atoms with Crippen LogP contribution >= 0.6 is 0 Å². The van der Waals surface area contributed by atoms with Gasteiger partial charge in [-0.25, -0.2) is 13.1 Å². The van der Waals surface area contributed by atoms with Crippen LogP contribution in [0, 0.1) is 6.92 Å². The van der Waals surface area contributed by atoms with E-state index >= 15 is 0 Å². The van der Waals surface area contributed by atoms with Crippen molar-refractivity contribution in [1.82, 2.24) is 9.78 Å². The lowest BCUT2D eigenvalue weighted by Gasteiger charge is -2.26. The molecule has 0 unspecified atom stereocenters. The van der Waals surface area contributed by atoms with Gasteiger partial charge in [0.15, 0.2) is 9.84 Å². The first-order valence-electron chi connectivity index (χ1n) is 9.14. The Balaban J connectivity index is 1.81. The number of hydrogen-bond acceptors (Lipinski definition) is 6. The van der Waals surface area contributed by atoms with Crippen LogP contribution in [0.2, 0.25) is 0 Å². The van der Waals surface area contributed by atoms with Gasteiger partial charge in [-0.1, -0.05) is 6.07 Å². The molecule has 28 heavy (non-hydrogen) atoms. The van der Waals surface area contributed by atoms with Gasteiger partial charge in [0.25, 0.3) is 0 Å². The van der Waals surface area contributed by atoms with E-state index in [4.69, 9.17) is 9.47 Å². The molecular formula is C19H23N3O5S. The Labute approximate surface area is 163 Å². The van der Waals surface area contributed by atoms with Crippen LogP contribution in [0.4, 0.5) is 5.82 Å². The topological polar surface area (TPSA) is 99.5 Å². The number of hydrogen-bond donors (Lipinski definition) is 1. The maximum Gasteiger partial charge on any atom is 0.226 e. The molecule has 8 nitrogen and oxygen atoms in total. The number of nitrogens with one attached hydrogen (secondary N) is 1. The molecule has 4 rings (SSSR count). The van der Waals surface area contributed by atoms with E-state index in [0.717, 1.165) is 16.8 Å². The highest BCUT2D eigenvalue weighted by Gasteiger charge is 2.38. The van der Waals surface area contributed by atoms with E-state index < -0.39 is 9.84 Å². The average Bonchev–Trinajstić information content (AvgIpc) is 3.19. The molecular weight excluding hydrogens is 382 g/mol. The van der Waals surface area contributed by atoms with Crippen LogP contribution in [0.1, 0.15) is 41.6 Å². The van der Waals surface area contributed by atoms with E-state index in [1.54, 1.807) is 25.0 Å². The Bertz CT molecular complexity index is 1040. The van der Waals surface area contributed by atoms with Gasteiger partial charge in [-0.2, -0.15) is 5.10 Å². The van der Waals surface area contributed by atoms with Crippen molar-refractivity contribution >= 4 is 21.6 Å². The molecule has 9 heteroatoms. The second kappa shape index (κ2) is 6.80. The smallest absolute Gasteiger partial charge is 0.226 e. The molecule has 0 bridgehead atoms. The standard InChI is InChI=1S/C19H23N3O5S/c1-11-18-15(14-5-4-13(26-2)8-16(14)27-3)9-17(23)20-19(18)22(21-11)12-6-7-28(24,25)10-12/h4-5,8,12,15H,6-7,9-10H2,1-3H3,(H,20,23)/t12-,15+/m1/s1. The predicted molar refractivity (Wildman–Crippen MR) is 104 cm³/mol. The van der Waals surface area contributed by atoms with Crippen LogP contribution < -0.4 is 14.8 Å². The lowest BCUT2D eigenvalue weighted by Crippen LogP contribution is -2.26. The number of benzene rings is 1. The van der Waals surface area contributed by atoms with E-state index in [2.05, 4.69) is 10.4 Å². The SMILES string of the molecule is COc1ccc([C@@H]2CC(=O)Nc3c2c(C)nn3[C@@H]2CCS(=O)(=O)C2)c(OC)c1. The van der Waals surface area contributed by atoms with Crippen molar-refractivity contribution < 1.29 is 22.7 Å². The fraction of sp³-hybridized carbons (Fsp3) is 0.474. The van der Waals surface area contributed by atoms with Crippen LogP contribution in [0.15, 0.2) is 18.2 Å². The van der Waals surface area contributed by atoms with Crippen LogP contribution in [-0.4, -0.2) is 49.8 Å². The molecule has 1 aromatic heterocycles. The molecule has 2 atom stereocenters. The zero-order chi connectivity index (χ0) is 20.1. The zero-order valence-corrected chi connectivity index (χ0v) is 16.9. The largest absolute Gasteiger partial charge is 0.497 e. The molecule has 0 saturated carbocycles. The number of carbonyl (C=O) groups is 1. The molecule has 1 N–H and O–H groups in total. The first kappa shape index (κ1) is 18.8. The molecule has 0 radical (unpaired) electrons. The zero-order valence-electron chi connectivity index (χ0n) is 16.1. The Hall–Kier alpha value is -2.55. The fourth-order valence-corrected chi connectivity index (χ4v) is 5.87. The number of aromatic nitrogens is 2. The molecule has 2 aromatic rings. The van der Waals surface area contributed by atoms with Gasteiger partial charge in [0.05, 0.1) is 37.5 Å². The van der Waals surface area contributed by atoms with Crippen LogP contribution in [0.25, 0.3) is 0 Å². The van der Waals surface area contributed by atoms with Gasteiger partial charge in [0.2, 0.25) is 5.91 Å². The van der Waals surface area contributed by atoms with Crippen molar-refractivity contribution in [2.45, 2.75) is 31.7 Å². The number of carbonyl (C=O) groups excluding carboxylic acids is 1. The molecule has 2 aliphatic rings. The number of methoxy groups -OCH3 is 2. The van der Waals surface area contributed by atoms with Gasteiger partial charge in [0, 0.05) is 29.5 Å². The number of fused-ring (bicyclic) bond motifs is 1. The molecule has 0 aliphatic carbocycles. The Morgan fingerprint density at radius 1 is 1.25 bits per heavy atom. The number of nitrogens with zero attached hydrogens (tertiary/aromatic N) is 2. The molecule has 1 saturated heterocycles. The summed E-state index contributed by atoms with van der Waals surface area (Å²) < 4.78 is 36.4. The van der Waals surface area contributed by atoms with Crippen molar-refractivity contribution in [3.8, 4) is 11.5 Å². The third-order valence-electron chi connectivity index (χ3n) is 5.50. The lowest BCUT2D eigenvalue weighted by atomic mass is 9.85. The van der Waals surface area contributed by atoms with Crippen molar-refractivity contribution in [2.24, 2.45) is 0 Å². The minimum atomic E-state index is -3.07. The van der Waals surface area contributed by atoms with Crippen LogP contribution in [0.3, 0.4) is 0 Å². The first-order chi connectivity index (χ1) is 13.3. The second-order valence-corrected chi connectivity index (χ2v) is 9.49. The summed E-state index contributed by atoms with van der Waals surface area (Å²) in [4.78, 5) is 12.5. The van der Waals surface area contributed by atoms with E-state index in [-0.39, 0.29) is 35.8 Å². The highest BCUT2D eigenvalue weighted by atomic mass is 32.2. The third kappa shape index (κ3) is 3.13. The average molecular weight is 405 g/mol. The van der Waals surface area contributed by atoms with E-state index in [9.17, 15) is 13.2 Å². The number of anilines is 1. The minimum absolute atomic E-state index is 0.0486. The highest BCUT2D eigenvalue weighted by molar-refractivity contribution is 7.91. The van der Waals surface area contributed by atoms with Crippen molar-refractivity contribution in [1.29, 1.82) is 0 Å². The predicted octanol–water partition coefficient (Wildman–Crippen LogP) is 2.04.